The number of hydrogen-bond acceptors (Lipinski definition) is 3. The second-order valence-corrected chi connectivity index (χ2v) is 8.38. The quantitative estimate of drug-likeness (QED) is 0.736. The lowest BCUT2D eigenvalue weighted by Gasteiger charge is -2.36. The van der Waals surface area contributed by atoms with E-state index in [4.69, 9.17) is 0 Å². The van der Waals surface area contributed by atoms with E-state index in [-0.39, 0.29) is 11.9 Å². The van der Waals surface area contributed by atoms with Crippen molar-refractivity contribution in [1.82, 2.24) is 10.2 Å². The molecule has 2 aromatic rings. The number of alkyl halides is 3. The molecular weight excluding hydrogens is 403 g/mol. The molecule has 2 aliphatic rings. The average molecular weight is 432 g/mol. The summed E-state index contributed by atoms with van der Waals surface area (Å²) >= 11 is 0. The Morgan fingerprint density at radius 3 is 2.39 bits per heavy atom. The summed E-state index contributed by atoms with van der Waals surface area (Å²) in [5, 5.41) is 3.00. The fourth-order valence-corrected chi connectivity index (χ4v) is 4.40. The van der Waals surface area contributed by atoms with Gasteiger partial charge in [0.1, 0.15) is 0 Å². The van der Waals surface area contributed by atoms with Crippen molar-refractivity contribution in [3.63, 3.8) is 0 Å². The lowest BCUT2D eigenvalue weighted by molar-refractivity contribution is -0.137. The lowest BCUT2D eigenvalue weighted by atomic mass is 10.0. The number of amides is 1. The smallest absolute Gasteiger partial charge is 0.369 e. The standard InChI is InChI=1S/C24H28F3N3O/c25-24(26,27)20-4-1-5-21(17-20)30-15-13-29(14-16-30)12-2-3-18-6-8-19(9-7-18)22-10-11-23(31)28-22/h1,4-9,17,22H,2-3,10-16H2,(H,28,31). The van der Waals surface area contributed by atoms with Crippen molar-refractivity contribution >= 4 is 11.6 Å². The van der Waals surface area contributed by atoms with Crippen LogP contribution in [0.3, 0.4) is 0 Å². The molecule has 0 spiro atoms. The van der Waals surface area contributed by atoms with Crippen LogP contribution in [0.5, 0.6) is 0 Å². The Morgan fingerprint density at radius 1 is 1.00 bits per heavy atom. The molecule has 2 aromatic carbocycles. The van der Waals surface area contributed by atoms with Crippen molar-refractivity contribution in [1.29, 1.82) is 0 Å². The summed E-state index contributed by atoms with van der Waals surface area (Å²) in [7, 11) is 0. The predicted molar refractivity (Wildman–Crippen MR) is 115 cm³/mol. The van der Waals surface area contributed by atoms with Crippen LogP contribution >= 0.6 is 0 Å². The Kier molecular flexibility index (Phi) is 6.51. The topological polar surface area (TPSA) is 35.6 Å². The first kappa shape index (κ1) is 21.7. The Bertz CT molecular complexity index is 890. The number of hydrogen-bond donors (Lipinski definition) is 1. The number of carbonyl (C=O) groups excluding carboxylic acids is 1. The van der Waals surface area contributed by atoms with Gasteiger partial charge in [0.05, 0.1) is 11.6 Å². The van der Waals surface area contributed by atoms with Gasteiger partial charge in [0, 0.05) is 38.3 Å². The first-order valence-electron chi connectivity index (χ1n) is 10.9. The summed E-state index contributed by atoms with van der Waals surface area (Å²) in [5.41, 5.74) is 2.51. The molecule has 4 rings (SSSR count). The number of rotatable bonds is 6. The zero-order valence-corrected chi connectivity index (χ0v) is 17.5. The number of anilines is 1. The van der Waals surface area contributed by atoms with Crippen molar-refractivity contribution < 1.29 is 18.0 Å². The highest BCUT2D eigenvalue weighted by molar-refractivity contribution is 5.78. The number of nitrogens with one attached hydrogen (secondary N) is 1. The zero-order valence-electron chi connectivity index (χ0n) is 17.5. The lowest BCUT2D eigenvalue weighted by Crippen LogP contribution is -2.46. The van der Waals surface area contributed by atoms with Crippen LogP contribution in [0.25, 0.3) is 0 Å². The monoisotopic (exact) mass is 431 g/mol. The van der Waals surface area contributed by atoms with Gasteiger partial charge in [-0.25, -0.2) is 0 Å². The fourth-order valence-electron chi connectivity index (χ4n) is 4.40. The van der Waals surface area contributed by atoms with Crippen LogP contribution in [-0.4, -0.2) is 43.5 Å². The third kappa shape index (κ3) is 5.58. The van der Waals surface area contributed by atoms with Crippen molar-refractivity contribution in [2.45, 2.75) is 37.9 Å². The molecule has 0 bridgehead atoms. The van der Waals surface area contributed by atoms with E-state index in [9.17, 15) is 18.0 Å². The van der Waals surface area contributed by atoms with Gasteiger partial charge in [-0.2, -0.15) is 13.2 Å². The maximum absolute atomic E-state index is 12.9. The number of carbonyl (C=O) groups is 1. The van der Waals surface area contributed by atoms with Crippen LogP contribution in [0.1, 0.15) is 42.0 Å². The Labute approximate surface area is 181 Å². The van der Waals surface area contributed by atoms with Crippen LogP contribution in [0, 0.1) is 0 Å². The molecule has 7 heteroatoms. The molecule has 1 amide bonds. The maximum atomic E-state index is 12.9. The van der Waals surface area contributed by atoms with Gasteiger partial charge in [0.15, 0.2) is 0 Å². The van der Waals surface area contributed by atoms with Gasteiger partial charge in [-0.1, -0.05) is 30.3 Å². The third-order valence-corrected chi connectivity index (χ3v) is 6.23. The first-order chi connectivity index (χ1) is 14.9. The van der Waals surface area contributed by atoms with Crippen molar-refractivity contribution in [3.8, 4) is 0 Å². The fraction of sp³-hybridized carbons (Fsp3) is 0.458. The zero-order chi connectivity index (χ0) is 21.8. The molecule has 0 saturated carbocycles. The van der Waals surface area contributed by atoms with Gasteiger partial charge in [0.2, 0.25) is 5.91 Å². The second-order valence-electron chi connectivity index (χ2n) is 8.38. The maximum Gasteiger partial charge on any atom is 0.416 e. The molecule has 0 aliphatic carbocycles. The minimum atomic E-state index is -4.30. The highest BCUT2D eigenvalue weighted by Gasteiger charge is 2.31. The van der Waals surface area contributed by atoms with Gasteiger partial charge >= 0.3 is 6.18 Å². The Balaban J connectivity index is 1.21. The molecule has 2 fully saturated rings. The van der Waals surface area contributed by atoms with Crippen molar-refractivity contribution in [2.75, 3.05) is 37.6 Å². The number of halogens is 3. The molecule has 1 unspecified atom stereocenters. The number of aryl methyl sites for hydroxylation is 1. The minimum absolute atomic E-state index is 0.127. The van der Waals surface area contributed by atoms with Gasteiger partial charge in [-0.05, 0) is 55.1 Å². The molecule has 2 aliphatic heterocycles. The van der Waals surface area contributed by atoms with Crippen molar-refractivity contribution in [2.24, 2.45) is 0 Å². The Morgan fingerprint density at radius 2 is 1.74 bits per heavy atom. The number of benzene rings is 2. The highest BCUT2D eigenvalue weighted by Crippen LogP contribution is 2.32. The molecule has 1 atom stereocenters. The Hall–Kier alpha value is -2.54. The summed E-state index contributed by atoms with van der Waals surface area (Å²) in [6.45, 7) is 4.18. The normalized spacial score (nSPS) is 20.2. The minimum Gasteiger partial charge on any atom is -0.369 e. The first-order valence-corrected chi connectivity index (χ1v) is 10.9. The van der Waals surface area contributed by atoms with E-state index < -0.39 is 11.7 Å². The summed E-state index contributed by atoms with van der Waals surface area (Å²) in [6.07, 6.45) is -0.798. The van der Waals surface area contributed by atoms with E-state index in [1.54, 1.807) is 6.07 Å². The molecular formula is C24H28F3N3O. The molecule has 31 heavy (non-hydrogen) atoms. The summed E-state index contributed by atoms with van der Waals surface area (Å²) in [5.74, 6) is 0.127. The summed E-state index contributed by atoms with van der Waals surface area (Å²) in [4.78, 5) is 15.8. The van der Waals surface area contributed by atoms with Gasteiger partial charge < -0.3 is 10.2 Å². The number of nitrogens with zero attached hydrogens (tertiary/aromatic N) is 2. The highest BCUT2D eigenvalue weighted by atomic mass is 19.4. The van der Waals surface area contributed by atoms with Crippen LogP contribution < -0.4 is 10.2 Å². The second kappa shape index (κ2) is 9.30. The van der Waals surface area contributed by atoms with E-state index in [2.05, 4.69) is 34.5 Å². The van der Waals surface area contributed by atoms with Gasteiger partial charge in [0.25, 0.3) is 0 Å². The predicted octanol–water partition coefficient (Wildman–Crippen LogP) is 4.41. The van der Waals surface area contributed by atoms with Gasteiger partial charge in [-0.3, -0.25) is 9.69 Å². The average Bonchev–Trinajstić information content (AvgIpc) is 3.20. The molecule has 166 valence electrons. The summed E-state index contributed by atoms with van der Waals surface area (Å²) in [6, 6.07) is 14.3. The van der Waals surface area contributed by atoms with Crippen LogP contribution in [0.4, 0.5) is 18.9 Å². The largest absolute Gasteiger partial charge is 0.416 e. The molecule has 0 radical (unpaired) electrons. The van der Waals surface area contributed by atoms with E-state index in [0.717, 1.165) is 58.1 Å². The molecule has 1 N–H and O–H groups in total. The molecule has 2 heterocycles. The van der Waals surface area contributed by atoms with Crippen LogP contribution in [0.2, 0.25) is 0 Å². The molecule has 4 nitrogen and oxygen atoms in total. The van der Waals surface area contributed by atoms with Gasteiger partial charge in [-0.15, -0.1) is 0 Å². The number of piperazine rings is 1. The van der Waals surface area contributed by atoms with Crippen LogP contribution in [-0.2, 0) is 17.4 Å². The third-order valence-electron chi connectivity index (χ3n) is 6.23. The van der Waals surface area contributed by atoms with E-state index in [1.807, 2.05) is 4.90 Å². The van der Waals surface area contributed by atoms with Crippen LogP contribution in [0.15, 0.2) is 48.5 Å². The molecule has 2 saturated heterocycles. The summed E-state index contributed by atoms with van der Waals surface area (Å²) < 4.78 is 38.8. The van der Waals surface area contributed by atoms with E-state index in [0.29, 0.717) is 12.1 Å². The van der Waals surface area contributed by atoms with E-state index in [1.165, 1.54) is 23.3 Å². The molecule has 0 aromatic heterocycles. The SMILES string of the molecule is O=C1CCC(c2ccc(CCCN3CCN(c4cccc(C(F)(F)F)c4)CC3)cc2)N1. The van der Waals surface area contributed by atoms with Crippen molar-refractivity contribution in [3.05, 3.63) is 65.2 Å². The van der Waals surface area contributed by atoms with E-state index >= 15 is 0 Å².